The van der Waals surface area contributed by atoms with Crippen LogP contribution in [0.2, 0.25) is 0 Å². The van der Waals surface area contributed by atoms with Crippen molar-refractivity contribution < 1.29 is 0 Å². The molecule has 0 radical (unpaired) electrons. The molecule has 3 heterocycles. The number of likely N-dealkylation sites (tertiary alicyclic amines) is 1. The van der Waals surface area contributed by atoms with Gasteiger partial charge < -0.3 is 26.6 Å². The van der Waals surface area contributed by atoms with Crippen molar-refractivity contribution in [3.63, 3.8) is 0 Å². The van der Waals surface area contributed by atoms with Gasteiger partial charge in [-0.05, 0) is 95.0 Å². The van der Waals surface area contributed by atoms with Crippen LogP contribution in [0.15, 0.2) is 41.3 Å². The first-order valence-electron chi connectivity index (χ1n) is 12.5. The number of unbranched alkanes of at least 4 members (excludes halogenated alkanes) is 1. The summed E-state index contributed by atoms with van der Waals surface area (Å²) in [5.41, 5.74) is 7.96. The summed E-state index contributed by atoms with van der Waals surface area (Å²) in [6, 6.07) is 11.2. The lowest BCUT2D eigenvalue weighted by molar-refractivity contribution is 0.208. The predicted molar refractivity (Wildman–Crippen MR) is 134 cm³/mol. The fourth-order valence-corrected chi connectivity index (χ4v) is 4.60. The molecule has 8 nitrogen and oxygen atoms in total. The van der Waals surface area contributed by atoms with Crippen molar-refractivity contribution in [2.24, 2.45) is 5.73 Å². The van der Waals surface area contributed by atoms with E-state index in [4.69, 9.17) is 5.73 Å². The van der Waals surface area contributed by atoms with Gasteiger partial charge in [0, 0.05) is 37.1 Å². The van der Waals surface area contributed by atoms with Gasteiger partial charge in [-0.3, -0.25) is 4.57 Å². The van der Waals surface area contributed by atoms with Crippen LogP contribution in [0.4, 0.5) is 11.5 Å². The Kier molecular flexibility index (Phi) is 8.88. The number of anilines is 2. The zero-order valence-electron chi connectivity index (χ0n) is 19.6. The van der Waals surface area contributed by atoms with Gasteiger partial charge in [0.1, 0.15) is 5.82 Å². The molecule has 0 aliphatic carbocycles. The Balaban J connectivity index is 1.19. The van der Waals surface area contributed by atoms with E-state index in [9.17, 15) is 4.79 Å². The second kappa shape index (κ2) is 12.3. The first kappa shape index (κ1) is 23.9. The fraction of sp³-hybridized carbons (Fsp3) is 0.600. The number of nitrogens with one attached hydrogen (secondary N) is 3. The van der Waals surface area contributed by atoms with Crippen LogP contribution in [-0.2, 0) is 13.1 Å². The van der Waals surface area contributed by atoms with Crippen molar-refractivity contribution >= 4 is 11.5 Å². The highest BCUT2D eigenvalue weighted by atomic mass is 16.1. The highest BCUT2D eigenvalue weighted by Gasteiger charge is 2.15. The minimum absolute atomic E-state index is 0.202. The lowest BCUT2D eigenvalue weighted by Gasteiger charge is -2.29. The average Bonchev–Trinajstić information content (AvgIpc) is 2.84. The summed E-state index contributed by atoms with van der Waals surface area (Å²) >= 11 is 0. The Hall–Kier alpha value is -2.26. The summed E-state index contributed by atoms with van der Waals surface area (Å²) in [6.45, 7) is 7.05. The third-order valence-electron chi connectivity index (χ3n) is 6.79. The molecule has 0 bridgehead atoms. The normalized spacial score (nSPS) is 18.5. The summed E-state index contributed by atoms with van der Waals surface area (Å²) in [7, 11) is 0. The van der Waals surface area contributed by atoms with E-state index in [1.807, 2.05) is 24.4 Å². The largest absolute Gasteiger partial charge is 0.349 e. The molecule has 2 aliphatic heterocycles. The van der Waals surface area contributed by atoms with Crippen molar-refractivity contribution in [2.45, 2.75) is 63.7 Å². The van der Waals surface area contributed by atoms with Crippen molar-refractivity contribution in [1.82, 2.24) is 25.1 Å². The second-order valence-electron chi connectivity index (χ2n) is 9.40. The quantitative estimate of drug-likeness (QED) is 0.409. The third-order valence-corrected chi connectivity index (χ3v) is 6.79. The number of nitrogens with zero attached hydrogens (tertiary/aromatic N) is 3. The summed E-state index contributed by atoms with van der Waals surface area (Å²) in [6.07, 6.45) is 8.46. The van der Waals surface area contributed by atoms with Crippen molar-refractivity contribution in [2.75, 3.05) is 38.0 Å². The van der Waals surface area contributed by atoms with Gasteiger partial charge in [-0.1, -0.05) is 12.1 Å². The van der Waals surface area contributed by atoms with Crippen LogP contribution in [0.5, 0.6) is 0 Å². The zero-order chi connectivity index (χ0) is 22.9. The Morgan fingerprint density at radius 1 is 1.00 bits per heavy atom. The second-order valence-corrected chi connectivity index (χ2v) is 9.40. The van der Waals surface area contributed by atoms with Crippen molar-refractivity contribution in [3.05, 3.63) is 52.6 Å². The number of aromatic nitrogens is 2. The van der Waals surface area contributed by atoms with Gasteiger partial charge in [-0.25, -0.2) is 4.79 Å². The number of piperidine rings is 2. The number of nitrogens with two attached hydrogens (primary N) is 1. The van der Waals surface area contributed by atoms with E-state index in [0.29, 0.717) is 24.4 Å². The molecule has 1 aromatic heterocycles. The summed E-state index contributed by atoms with van der Waals surface area (Å²) in [4.78, 5) is 19.1. The highest BCUT2D eigenvalue weighted by molar-refractivity contribution is 5.55. The van der Waals surface area contributed by atoms with E-state index < -0.39 is 0 Å². The maximum atomic E-state index is 12.4. The summed E-state index contributed by atoms with van der Waals surface area (Å²) in [5.74, 6) is 0.585. The molecule has 0 atom stereocenters. The van der Waals surface area contributed by atoms with E-state index in [2.05, 4.69) is 38.0 Å². The van der Waals surface area contributed by atoms with Crippen LogP contribution in [0, 0.1) is 0 Å². The van der Waals surface area contributed by atoms with E-state index in [1.54, 1.807) is 4.57 Å². The van der Waals surface area contributed by atoms with E-state index in [0.717, 1.165) is 70.6 Å². The molecular weight excluding hydrogens is 414 g/mol. The van der Waals surface area contributed by atoms with Gasteiger partial charge in [0.25, 0.3) is 0 Å². The Morgan fingerprint density at radius 2 is 1.73 bits per heavy atom. The molecule has 0 spiro atoms. The van der Waals surface area contributed by atoms with Crippen LogP contribution < -0.4 is 27.4 Å². The molecule has 1 aromatic carbocycles. The molecule has 0 unspecified atom stereocenters. The Morgan fingerprint density at radius 3 is 2.45 bits per heavy atom. The van der Waals surface area contributed by atoms with Crippen LogP contribution in [0.1, 0.15) is 44.1 Å². The first-order chi connectivity index (χ1) is 16.2. The monoisotopic (exact) mass is 453 g/mol. The van der Waals surface area contributed by atoms with E-state index in [-0.39, 0.29) is 5.69 Å². The van der Waals surface area contributed by atoms with Gasteiger partial charge in [-0.2, -0.15) is 4.98 Å². The smallest absolute Gasteiger partial charge is 0.340 e. The number of benzene rings is 1. The molecule has 33 heavy (non-hydrogen) atoms. The maximum absolute atomic E-state index is 12.4. The minimum atomic E-state index is -0.202. The third kappa shape index (κ3) is 7.64. The van der Waals surface area contributed by atoms with Gasteiger partial charge in [0.2, 0.25) is 0 Å². The zero-order valence-corrected chi connectivity index (χ0v) is 19.6. The Labute approximate surface area is 197 Å². The molecular formula is C25H39N7O. The highest BCUT2D eigenvalue weighted by Crippen LogP contribution is 2.15. The molecule has 5 N–H and O–H groups in total. The Bertz CT molecular complexity index is 900. The maximum Gasteiger partial charge on any atom is 0.349 e. The predicted octanol–water partition coefficient (Wildman–Crippen LogP) is 2.03. The molecule has 2 aliphatic rings. The minimum Gasteiger partial charge on any atom is -0.340 e. The van der Waals surface area contributed by atoms with Crippen molar-refractivity contribution in [1.29, 1.82) is 0 Å². The SMILES string of the molecule is NC1CCN(CCCCn2ccc(Nc3ccc(CNC4CCNCC4)cc3)nc2=O)CC1. The van der Waals surface area contributed by atoms with E-state index in [1.165, 1.54) is 18.4 Å². The molecule has 0 saturated carbocycles. The molecule has 4 rings (SSSR count). The molecule has 8 heteroatoms. The molecule has 2 saturated heterocycles. The van der Waals surface area contributed by atoms with Gasteiger partial charge in [-0.15, -0.1) is 0 Å². The van der Waals surface area contributed by atoms with Crippen molar-refractivity contribution in [3.8, 4) is 0 Å². The van der Waals surface area contributed by atoms with E-state index >= 15 is 0 Å². The molecule has 0 amide bonds. The fourth-order valence-electron chi connectivity index (χ4n) is 4.60. The number of rotatable bonds is 10. The standard InChI is InChI=1S/C25H39N7O/c26-21-9-16-31(17-10-21)14-1-2-15-32-18-11-24(30-25(32)33)29-23-5-3-20(4-6-23)19-28-22-7-12-27-13-8-22/h3-6,11,18,21-22,27-28H,1-2,7-10,12-17,19,26H2,(H,29,30,33). The van der Waals surface area contributed by atoms with Gasteiger partial charge >= 0.3 is 5.69 Å². The number of aryl methyl sites for hydroxylation is 1. The summed E-state index contributed by atoms with van der Waals surface area (Å²) < 4.78 is 1.70. The van der Waals surface area contributed by atoms with Crippen LogP contribution in [-0.4, -0.2) is 59.3 Å². The molecule has 180 valence electrons. The van der Waals surface area contributed by atoms with Gasteiger partial charge in [0.05, 0.1) is 0 Å². The average molecular weight is 454 g/mol. The molecule has 2 fully saturated rings. The number of hydrogen-bond donors (Lipinski definition) is 4. The topological polar surface area (TPSA) is 100 Å². The lowest BCUT2D eigenvalue weighted by atomic mass is 10.1. The summed E-state index contributed by atoms with van der Waals surface area (Å²) in [5, 5.41) is 10.3. The van der Waals surface area contributed by atoms with Crippen LogP contribution >= 0.6 is 0 Å². The molecule has 2 aromatic rings. The lowest BCUT2D eigenvalue weighted by Crippen LogP contribution is -2.40. The van der Waals surface area contributed by atoms with Gasteiger partial charge in [0.15, 0.2) is 0 Å². The van der Waals surface area contributed by atoms with Crippen LogP contribution in [0.25, 0.3) is 0 Å². The van der Waals surface area contributed by atoms with Crippen LogP contribution in [0.3, 0.4) is 0 Å². The first-order valence-corrected chi connectivity index (χ1v) is 12.5. The number of hydrogen-bond acceptors (Lipinski definition) is 7.